The molecule has 0 atom stereocenters. The van der Waals surface area contributed by atoms with Crippen LogP contribution in [-0.4, -0.2) is 31.1 Å². The Kier molecular flexibility index (Phi) is 4.22. The summed E-state index contributed by atoms with van der Waals surface area (Å²) in [5, 5.41) is 4.36. The first-order chi connectivity index (χ1) is 13.9. The van der Waals surface area contributed by atoms with E-state index < -0.39 is 5.91 Å². The molecular weight excluding hydrogens is 372 g/mol. The van der Waals surface area contributed by atoms with Crippen molar-refractivity contribution in [2.24, 2.45) is 30.2 Å². The molecule has 0 unspecified atom stereocenters. The Balaban J connectivity index is 1.18. The quantitative estimate of drug-likeness (QED) is 0.743. The van der Waals surface area contributed by atoms with Crippen molar-refractivity contribution in [3.05, 3.63) is 22.9 Å². The van der Waals surface area contributed by atoms with Crippen molar-refractivity contribution in [3.63, 3.8) is 0 Å². The lowest BCUT2D eigenvalue weighted by Gasteiger charge is -2.56. The van der Waals surface area contributed by atoms with E-state index in [9.17, 15) is 14.4 Å². The Hall–Kier alpha value is -2.71. The number of hydrogen-bond acceptors (Lipinski definition) is 5. The number of aryl methyl sites for hydroxylation is 1. The van der Waals surface area contributed by atoms with Gasteiger partial charge in [0.15, 0.2) is 5.65 Å². The first kappa shape index (κ1) is 18.3. The van der Waals surface area contributed by atoms with Crippen molar-refractivity contribution in [2.45, 2.75) is 51.5 Å². The molecule has 2 aromatic rings. The minimum absolute atomic E-state index is 0.121. The van der Waals surface area contributed by atoms with Crippen molar-refractivity contribution < 1.29 is 9.59 Å². The zero-order valence-electron chi connectivity index (χ0n) is 16.6. The number of hydrazine groups is 1. The van der Waals surface area contributed by atoms with Crippen molar-refractivity contribution >= 4 is 22.8 Å². The van der Waals surface area contributed by atoms with Gasteiger partial charge < -0.3 is 0 Å². The molecule has 4 aliphatic carbocycles. The van der Waals surface area contributed by atoms with Crippen LogP contribution in [0.15, 0.2) is 17.3 Å². The monoisotopic (exact) mass is 398 g/mol. The zero-order chi connectivity index (χ0) is 20.2. The molecule has 29 heavy (non-hydrogen) atoms. The highest BCUT2D eigenvalue weighted by molar-refractivity contribution is 5.82. The molecule has 0 spiro atoms. The maximum Gasteiger partial charge on any atom is 0.264 e. The Labute approximate surface area is 167 Å². The summed E-state index contributed by atoms with van der Waals surface area (Å²) in [7, 11) is 1.70. The summed E-state index contributed by atoms with van der Waals surface area (Å²) < 4.78 is 2.72. The molecule has 2 N–H and O–H groups in total. The maximum atomic E-state index is 12.5. The molecule has 9 heteroatoms. The maximum absolute atomic E-state index is 12.5. The number of nitrogens with one attached hydrogen (secondary N) is 2. The second-order valence-electron chi connectivity index (χ2n) is 9.37. The highest BCUT2D eigenvalue weighted by atomic mass is 16.2. The van der Waals surface area contributed by atoms with E-state index in [2.05, 4.69) is 20.9 Å². The van der Waals surface area contributed by atoms with Crippen LogP contribution in [0.3, 0.4) is 0 Å². The number of fused-ring (bicyclic) bond motifs is 1. The molecule has 0 aliphatic heterocycles. The number of amides is 2. The molecule has 4 aliphatic rings. The van der Waals surface area contributed by atoms with Gasteiger partial charge in [-0.15, -0.1) is 0 Å². The minimum atomic E-state index is -0.462. The predicted molar refractivity (Wildman–Crippen MR) is 104 cm³/mol. The third kappa shape index (κ3) is 3.32. The SMILES string of the molecule is Cn1ncc2c(=O)n(CC(=O)NNC(=O)CC34CC5CC(CC(C5)C3)C4)cnc21. The summed E-state index contributed by atoms with van der Waals surface area (Å²) in [5.41, 5.74) is 5.25. The first-order valence-electron chi connectivity index (χ1n) is 10.4. The van der Waals surface area contributed by atoms with E-state index >= 15 is 0 Å². The summed E-state index contributed by atoms with van der Waals surface area (Å²) >= 11 is 0. The van der Waals surface area contributed by atoms with Crippen LogP contribution in [0.25, 0.3) is 11.0 Å². The molecule has 9 nitrogen and oxygen atoms in total. The van der Waals surface area contributed by atoms with Crippen LogP contribution in [0.1, 0.15) is 44.9 Å². The fourth-order valence-corrected chi connectivity index (χ4v) is 6.40. The molecule has 4 bridgehead atoms. The average Bonchev–Trinajstić information content (AvgIpc) is 3.02. The van der Waals surface area contributed by atoms with Gasteiger partial charge >= 0.3 is 0 Å². The molecule has 0 radical (unpaired) electrons. The lowest BCUT2D eigenvalue weighted by molar-refractivity contribution is -0.134. The molecule has 2 aromatic heterocycles. The van der Waals surface area contributed by atoms with Crippen LogP contribution in [-0.2, 0) is 23.2 Å². The molecular formula is C20H26N6O3. The van der Waals surface area contributed by atoms with Gasteiger partial charge in [0.2, 0.25) is 5.91 Å². The average molecular weight is 398 g/mol. The normalized spacial score (nSPS) is 29.9. The van der Waals surface area contributed by atoms with E-state index in [4.69, 9.17) is 0 Å². The van der Waals surface area contributed by atoms with E-state index in [1.165, 1.54) is 41.0 Å². The Morgan fingerprint density at radius 3 is 2.38 bits per heavy atom. The number of rotatable bonds is 4. The van der Waals surface area contributed by atoms with Crippen molar-refractivity contribution in [2.75, 3.05) is 0 Å². The van der Waals surface area contributed by atoms with E-state index in [0.29, 0.717) is 17.5 Å². The molecule has 4 saturated carbocycles. The smallest absolute Gasteiger partial charge is 0.264 e. The van der Waals surface area contributed by atoms with Gasteiger partial charge in [-0.2, -0.15) is 5.10 Å². The van der Waals surface area contributed by atoms with E-state index in [0.717, 1.165) is 37.0 Å². The largest absolute Gasteiger partial charge is 0.289 e. The number of nitrogens with zero attached hydrogens (tertiary/aromatic N) is 4. The summed E-state index contributed by atoms with van der Waals surface area (Å²) in [6, 6.07) is 0. The van der Waals surface area contributed by atoms with Gasteiger partial charge in [0.1, 0.15) is 18.3 Å². The molecule has 4 fully saturated rings. The van der Waals surface area contributed by atoms with Crippen LogP contribution in [0.4, 0.5) is 0 Å². The number of carbonyl (C=O) groups is 2. The highest BCUT2D eigenvalue weighted by Gasteiger charge is 2.51. The number of carbonyl (C=O) groups excluding carboxylic acids is 2. The second-order valence-corrected chi connectivity index (χ2v) is 9.37. The van der Waals surface area contributed by atoms with Gasteiger partial charge in [-0.05, 0) is 61.7 Å². The van der Waals surface area contributed by atoms with Gasteiger partial charge in [-0.25, -0.2) is 4.98 Å². The summed E-state index contributed by atoms with van der Waals surface area (Å²) in [5.74, 6) is 1.74. The zero-order valence-corrected chi connectivity index (χ0v) is 16.6. The van der Waals surface area contributed by atoms with Crippen LogP contribution in [0.2, 0.25) is 0 Å². The fraction of sp³-hybridized carbons (Fsp3) is 0.650. The lowest BCUT2D eigenvalue weighted by atomic mass is 9.49. The molecule has 2 heterocycles. The van der Waals surface area contributed by atoms with Gasteiger partial charge in [0.25, 0.3) is 11.5 Å². The van der Waals surface area contributed by atoms with Gasteiger partial charge in [-0.1, -0.05) is 0 Å². The number of aromatic nitrogens is 4. The second kappa shape index (κ2) is 6.67. The molecule has 6 rings (SSSR count). The van der Waals surface area contributed by atoms with Crippen LogP contribution >= 0.6 is 0 Å². The highest BCUT2D eigenvalue weighted by Crippen LogP contribution is 2.61. The number of hydrogen-bond donors (Lipinski definition) is 2. The van der Waals surface area contributed by atoms with Crippen molar-refractivity contribution in [3.8, 4) is 0 Å². The van der Waals surface area contributed by atoms with Gasteiger partial charge in [0, 0.05) is 13.5 Å². The summed E-state index contributed by atoms with van der Waals surface area (Å²) in [6.45, 7) is -0.214. The Bertz CT molecular complexity index is 1000. The van der Waals surface area contributed by atoms with Crippen molar-refractivity contribution in [1.29, 1.82) is 0 Å². The van der Waals surface area contributed by atoms with Gasteiger partial charge in [-0.3, -0.25) is 34.5 Å². The first-order valence-corrected chi connectivity index (χ1v) is 10.4. The Morgan fingerprint density at radius 2 is 1.72 bits per heavy atom. The standard InChI is InChI=1S/C20H26N6O3/c1-25-18-15(9-22-25)19(29)26(11-21-18)10-17(28)24-23-16(27)8-20-5-12-2-13(6-20)4-14(3-12)7-20/h9,11-14H,2-8,10H2,1H3,(H,23,27)(H,24,28). The molecule has 0 aromatic carbocycles. The molecule has 0 saturated heterocycles. The third-order valence-corrected chi connectivity index (χ3v) is 7.07. The predicted octanol–water partition coefficient (Wildman–Crippen LogP) is 0.884. The third-order valence-electron chi connectivity index (χ3n) is 7.07. The van der Waals surface area contributed by atoms with E-state index in [1.807, 2.05) is 0 Å². The van der Waals surface area contributed by atoms with E-state index in [1.54, 1.807) is 7.05 Å². The topological polar surface area (TPSA) is 111 Å². The fourth-order valence-electron chi connectivity index (χ4n) is 6.40. The van der Waals surface area contributed by atoms with Crippen LogP contribution in [0, 0.1) is 23.2 Å². The summed E-state index contributed by atoms with van der Waals surface area (Å²) in [4.78, 5) is 41.4. The lowest BCUT2D eigenvalue weighted by Crippen LogP contribution is -2.50. The van der Waals surface area contributed by atoms with Gasteiger partial charge in [0.05, 0.1) is 6.20 Å². The van der Waals surface area contributed by atoms with E-state index in [-0.39, 0.29) is 23.4 Å². The minimum Gasteiger partial charge on any atom is -0.289 e. The van der Waals surface area contributed by atoms with Crippen molar-refractivity contribution in [1.82, 2.24) is 30.2 Å². The molecule has 154 valence electrons. The molecule has 2 amide bonds. The summed E-state index contributed by atoms with van der Waals surface area (Å²) in [6.07, 6.45) is 10.7. The van der Waals surface area contributed by atoms with Crippen LogP contribution in [0.5, 0.6) is 0 Å². The Morgan fingerprint density at radius 1 is 1.10 bits per heavy atom. The van der Waals surface area contributed by atoms with Crippen LogP contribution < -0.4 is 16.4 Å².